The molecule has 1 heterocycles. The molecular formula is C18H22ClNO. The van der Waals surface area contributed by atoms with E-state index in [1.165, 1.54) is 22.3 Å². The summed E-state index contributed by atoms with van der Waals surface area (Å²) in [7, 11) is 2.17. The Hall–Kier alpha value is -1.51. The van der Waals surface area contributed by atoms with Crippen LogP contribution in [0.15, 0.2) is 42.5 Å². The predicted octanol–water partition coefficient (Wildman–Crippen LogP) is 3.59. The Morgan fingerprint density at radius 2 is 1.52 bits per heavy atom. The van der Waals surface area contributed by atoms with E-state index in [9.17, 15) is 5.11 Å². The van der Waals surface area contributed by atoms with E-state index in [2.05, 4.69) is 42.3 Å². The summed E-state index contributed by atoms with van der Waals surface area (Å²) in [4.78, 5) is 2.36. The molecule has 0 atom stereocenters. The van der Waals surface area contributed by atoms with Crippen molar-refractivity contribution < 1.29 is 5.11 Å². The maximum Gasteiger partial charge on any atom is 0.115 e. The topological polar surface area (TPSA) is 23.5 Å². The van der Waals surface area contributed by atoms with Crippen LogP contribution in [0.5, 0.6) is 5.75 Å². The number of aromatic hydroxyl groups is 1. The van der Waals surface area contributed by atoms with Gasteiger partial charge in [-0.25, -0.2) is 0 Å². The highest BCUT2D eigenvalue weighted by Crippen LogP contribution is 2.22. The highest BCUT2D eigenvalue weighted by molar-refractivity contribution is 5.85. The average molecular weight is 304 g/mol. The van der Waals surface area contributed by atoms with Crippen molar-refractivity contribution in [3.63, 3.8) is 0 Å². The molecule has 2 aromatic carbocycles. The van der Waals surface area contributed by atoms with Gasteiger partial charge in [0.25, 0.3) is 0 Å². The standard InChI is InChI=1S/C18H21NO.ClH/c1-19-11-10-16-12-18(20)9-8-15(16)7-6-14-4-2-3-5-17(14)13-19;/h2-5,8-9,12,20H,6-7,10-11,13H2,1H3;1H. The number of halogens is 1. The Labute approximate surface area is 132 Å². The summed E-state index contributed by atoms with van der Waals surface area (Å²) in [5.41, 5.74) is 5.54. The zero-order valence-electron chi connectivity index (χ0n) is 12.4. The maximum atomic E-state index is 9.69. The van der Waals surface area contributed by atoms with Gasteiger partial charge in [-0.15, -0.1) is 12.4 Å². The average Bonchev–Trinajstić information content (AvgIpc) is 2.45. The monoisotopic (exact) mass is 303 g/mol. The van der Waals surface area contributed by atoms with Crippen molar-refractivity contribution >= 4 is 12.4 Å². The summed E-state index contributed by atoms with van der Waals surface area (Å²) in [6.45, 7) is 2.02. The third kappa shape index (κ3) is 3.78. The Balaban J connectivity index is 0.00000161. The van der Waals surface area contributed by atoms with Crippen LogP contribution in [-0.2, 0) is 25.8 Å². The molecule has 0 bridgehead atoms. The lowest BCUT2D eigenvalue weighted by atomic mass is 9.94. The van der Waals surface area contributed by atoms with Gasteiger partial charge in [-0.05, 0) is 60.7 Å². The van der Waals surface area contributed by atoms with Crippen LogP contribution in [0.25, 0.3) is 0 Å². The number of aryl methyl sites for hydroxylation is 2. The zero-order chi connectivity index (χ0) is 13.9. The van der Waals surface area contributed by atoms with Crippen molar-refractivity contribution in [1.82, 2.24) is 4.90 Å². The first-order chi connectivity index (χ1) is 9.72. The first kappa shape index (κ1) is 15.9. The van der Waals surface area contributed by atoms with Crippen molar-refractivity contribution in [2.45, 2.75) is 25.8 Å². The SMILES string of the molecule is CN1CCc2cc(O)ccc2CCc2ccccc2C1.Cl. The second kappa shape index (κ2) is 6.97. The summed E-state index contributed by atoms with van der Waals surface area (Å²) in [6, 6.07) is 14.6. The fourth-order valence-corrected chi connectivity index (χ4v) is 3.00. The molecule has 0 spiro atoms. The summed E-state index contributed by atoms with van der Waals surface area (Å²) in [6.07, 6.45) is 3.13. The van der Waals surface area contributed by atoms with Gasteiger partial charge in [0.1, 0.15) is 5.75 Å². The third-order valence-corrected chi connectivity index (χ3v) is 4.18. The Bertz CT molecular complexity index is 612. The molecule has 0 aromatic heterocycles. The van der Waals surface area contributed by atoms with Gasteiger partial charge in [-0.1, -0.05) is 30.3 Å². The predicted molar refractivity (Wildman–Crippen MR) is 89.2 cm³/mol. The van der Waals surface area contributed by atoms with Crippen LogP contribution in [0, 0.1) is 0 Å². The van der Waals surface area contributed by atoms with Crippen molar-refractivity contribution in [3.8, 4) is 5.75 Å². The van der Waals surface area contributed by atoms with Gasteiger partial charge in [0.2, 0.25) is 0 Å². The zero-order valence-corrected chi connectivity index (χ0v) is 13.2. The van der Waals surface area contributed by atoms with Gasteiger partial charge in [-0.2, -0.15) is 0 Å². The van der Waals surface area contributed by atoms with E-state index < -0.39 is 0 Å². The molecule has 1 aliphatic rings. The lowest BCUT2D eigenvalue weighted by Gasteiger charge is -2.22. The van der Waals surface area contributed by atoms with Crippen LogP contribution in [0.1, 0.15) is 22.3 Å². The van der Waals surface area contributed by atoms with Crippen LogP contribution in [0.2, 0.25) is 0 Å². The second-order valence-electron chi connectivity index (χ2n) is 5.71. The number of phenolic OH excluding ortho intramolecular Hbond substituents is 1. The Morgan fingerprint density at radius 3 is 2.29 bits per heavy atom. The molecule has 3 rings (SSSR count). The fourth-order valence-electron chi connectivity index (χ4n) is 3.00. The number of rotatable bonds is 0. The number of benzene rings is 2. The van der Waals surface area contributed by atoms with E-state index in [0.29, 0.717) is 5.75 Å². The first-order valence-corrected chi connectivity index (χ1v) is 7.28. The van der Waals surface area contributed by atoms with E-state index >= 15 is 0 Å². The minimum Gasteiger partial charge on any atom is -0.508 e. The molecule has 0 amide bonds. The molecular weight excluding hydrogens is 282 g/mol. The van der Waals surface area contributed by atoms with Gasteiger partial charge < -0.3 is 10.0 Å². The van der Waals surface area contributed by atoms with Gasteiger partial charge in [0.05, 0.1) is 0 Å². The number of phenols is 1. The molecule has 2 aromatic rings. The minimum absolute atomic E-state index is 0. The van der Waals surface area contributed by atoms with Crippen molar-refractivity contribution in [2.75, 3.05) is 13.6 Å². The lowest BCUT2D eigenvalue weighted by Crippen LogP contribution is -2.22. The Kier molecular flexibility index (Phi) is 5.27. The summed E-state index contributed by atoms with van der Waals surface area (Å²) < 4.78 is 0. The molecule has 112 valence electrons. The summed E-state index contributed by atoms with van der Waals surface area (Å²) >= 11 is 0. The third-order valence-electron chi connectivity index (χ3n) is 4.18. The molecule has 0 saturated heterocycles. The van der Waals surface area contributed by atoms with Gasteiger partial charge in [0.15, 0.2) is 0 Å². The van der Waals surface area contributed by atoms with Gasteiger partial charge in [0, 0.05) is 13.1 Å². The molecule has 0 radical (unpaired) electrons. The number of hydrogen-bond donors (Lipinski definition) is 1. The summed E-state index contributed by atoms with van der Waals surface area (Å²) in [5.74, 6) is 0.379. The van der Waals surface area contributed by atoms with Gasteiger partial charge in [-0.3, -0.25) is 0 Å². The normalized spacial score (nSPS) is 15.5. The van der Waals surface area contributed by atoms with E-state index in [0.717, 1.165) is 32.4 Å². The van der Waals surface area contributed by atoms with Crippen LogP contribution >= 0.6 is 12.4 Å². The van der Waals surface area contributed by atoms with Crippen molar-refractivity contribution in [2.24, 2.45) is 0 Å². The van der Waals surface area contributed by atoms with Crippen LogP contribution in [-0.4, -0.2) is 23.6 Å². The molecule has 0 saturated carbocycles. The van der Waals surface area contributed by atoms with E-state index in [4.69, 9.17) is 0 Å². The van der Waals surface area contributed by atoms with E-state index in [1.807, 2.05) is 6.07 Å². The summed E-state index contributed by atoms with van der Waals surface area (Å²) in [5, 5.41) is 9.69. The second-order valence-corrected chi connectivity index (χ2v) is 5.71. The smallest absolute Gasteiger partial charge is 0.115 e. The largest absolute Gasteiger partial charge is 0.508 e. The van der Waals surface area contributed by atoms with Crippen molar-refractivity contribution in [1.29, 1.82) is 0 Å². The Morgan fingerprint density at radius 1 is 0.857 bits per heavy atom. The lowest BCUT2D eigenvalue weighted by molar-refractivity contribution is 0.328. The van der Waals surface area contributed by atoms with Crippen LogP contribution < -0.4 is 0 Å². The quantitative estimate of drug-likeness (QED) is 0.804. The van der Waals surface area contributed by atoms with Crippen LogP contribution in [0.4, 0.5) is 0 Å². The van der Waals surface area contributed by atoms with Crippen LogP contribution in [0.3, 0.4) is 0 Å². The number of hydrogen-bond acceptors (Lipinski definition) is 2. The van der Waals surface area contributed by atoms with E-state index in [-0.39, 0.29) is 12.4 Å². The number of likely N-dealkylation sites (N-methyl/N-ethyl adjacent to an activating group) is 1. The number of nitrogens with zero attached hydrogens (tertiary/aromatic N) is 1. The minimum atomic E-state index is 0. The van der Waals surface area contributed by atoms with Crippen molar-refractivity contribution in [3.05, 3.63) is 64.7 Å². The maximum absolute atomic E-state index is 9.69. The fraction of sp³-hybridized carbons (Fsp3) is 0.333. The molecule has 0 unspecified atom stereocenters. The van der Waals surface area contributed by atoms with E-state index in [1.54, 1.807) is 6.07 Å². The highest BCUT2D eigenvalue weighted by atomic mass is 35.5. The molecule has 2 nitrogen and oxygen atoms in total. The molecule has 1 aliphatic heterocycles. The number of fused-ring (bicyclic) bond motifs is 2. The molecule has 0 aliphatic carbocycles. The first-order valence-electron chi connectivity index (χ1n) is 7.28. The highest BCUT2D eigenvalue weighted by Gasteiger charge is 2.11. The molecule has 21 heavy (non-hydrogen) atoms. The molecule has 1 N–H and O–H groups in total. The molecule has 0 fully saturated rings. The van der Waals surface area contributed by atoms with Gasteiger partial charge >= 0.3 is 0 Å². The molecule has 3 heteroatoms.